The molecule has 1 fully saturated rings. The molecular formula is C9H9NO3. The van der Waals surface area contributed by atoms with Crippen molar-refractivity contribution in [3.8, 4) is 0 Å². The number of carbonyl (C=O) groups is 1. The third kappa shape index (κ3) is 1.34. The molecule has 0 amide bonds. The summed E-state index contributed by atoms with van der Waals surface area (Å²) in [7, 11) is 0. The van der Waals surface area contributed by atoms with Crippen LogP contribution in [0.5, 0.6) is 0 Å². The zero-order valence-electron chi connectivity index (χ0n) is 6.93. The van der Waals surface area contributed by atoms with E-state index in [2.05, 4.69) is 4.98 Å². The summed E-state index contributed by atoms with van der Waals surface area (Å²) >= 11 is 0. The zero-order chi connectivity index (χ0) is 9.31. The topological polar surface area (TPSA) is 59.4 Å². The van der Waals surface area contributed by atoms with E-state index in [9.17, 15) is 9.90 Å². The Kier molecular flexibility index (Phi) is 1.86. The van der Waals surface area contributed by atoms with Gasteiger partial charge in [-0.05, 0) is 12.1 Å². The van der Waals surface area contributed by atoms with E-state index in [1.807, 2.05) is 0 Å². The highest BCUT2D eigenvalue weighted by atomic mass is 16.5. The molecule has 0 radical (unpaired) electrons. The number of aldehydes is 1. The Labute approximate surface area is 75.2 Å². The number of aliphatic hydroxyl groups is 1. The summed E-state index contributed by atoms with van der Waals surface area (Å²) < 4.78 is 4.89. The smallest absolute Gasteiger partial charge is 0.168 e. The highest BCUT2D eigenvalue weighted by Gasteiger charge is 2.39. The fourth-order valence-electron chi connectivity index (χ4n) is 1.22. The van der Waals surface area contributed by atoms with Crippen LogP contribution in [-0.2, 0) is 10.3 Å². The van der Waals surface area contributed by atoms with Gasteiger partial charge in [-0.25, -0.2) is 4.98 Å². The lowest BCUT2D eigenvalue weighted by atomic mass is 9.97. The van der Waals surface area contributed by atoms with Crippen molar-refractivity contribution in [3.63, 3.8) is 0 Å². The highest BCUT2D eigenvalue weighted by molar-refractivity contribution is 5.71. The molecule has 0 unspecified atom stereocenters. The summed E-state index contributed by atoms with van der Waals surface area (Å²) in [5.74, 6) is 0. The van der Waals surface area contributed by atoms with E-state index in [-0.39, 0.29) is 13.2 Å². The predicted octanol–water partition coefficient (Wildman–Crippen LogP) is 0.112. The molecule has 4 heteroatoms. The van der Waals surface area contributed by atoms with Crippen LogP contribution in [0.25, 0.3) is 0 Å². The van der Waals surface area contributed by atoms with Gasteiger partial charge in [-0.3, -0.25) is 4.79 Å². The molecule has 1 aromatic heterocycles. The van der Waals surface area contributed by atoms with Gasteiger partial charge in [0.25, 0.3) is 0 Å². The molecule has 68 valence electrons. The lowest BCUT2D eigenvalue weighted by Crippen LogP contribution is -2.47. The van der Waals surface area contributed by atoms with Gasteiger partial charge < -0.3 is 9.84 Å². The van der Waals surface area contributed by atoms with Crippen LogP contribution in [0.3, 0.4) is 0 Å². The van der Waals surface area contributed by atoms with Crippen molar-refractivity contribution in [2.45, 2.75) is 5.60 Å². The Bertz CT molecular complexity index is 333. The molecular weight excluding hydrogens is 170 g/mol. The van der Waals surface area contributed by atoms with E-state index < -0.39 is 5.60 Å². The van der Waals surface area contributed by atoms with E-state index in [1.165, 1.54) is 0 Å². The van der Waals surface area contributed by atoms with Gasteiger partial charge >= 0.3 is 0 Å². The molecule has 1 aliphatic rings. The SMILES string of the molecule is O=Cc1cccc(C2(O)COC2)n1. The minimum atomic E-state index is -0.987. The quantitative estimate of drug-likeness (QED) is 0.655. The second kappa shape index (κ2) is 2.90. The van der Waals surface area contributed by atoms with E-state index in [0.29, 0.717) is 17.7 Å². The monoisotopic (exact) mass is 179 g/mol. The molecule has 2 rings (SSSR count). The zero-order valence-corrected chi connectivity index (χ0v) is 6.93. The maximum atomic E-state index is 10.4. The summed E-state index contributed by atoms with van der Waals surface area (Å²) in [4.78, 5) is 14.4. The van der Waals surface area contributed by atoms with Crippen molar-refractivity contribution in [1.82, 2.24) is 4.98 Å². The summed E-state index contributed by atoms with van der Waals surface area (Å²) in [6, 6.07) is 4.98. The summed E-state index contributed by atoms with van der Waals surface area (Å²) in [6.07, 6.45) is 0.659. The van der Waals surface area contributed by atoms with Crippen molar-refractivity contribution in [3.05, 3.63) is 29.6 Å². The number of ether oxygens (including phenoxy) is 1. The average Bonchev–Trinajstić information content (AvgIpc) is 2.14. The van der Waals surface area contributed by atoms with Gasteiger partial charge in [0.15, 0.2) is 11.9 Å². The molecule has 13 heavy (non-hydrogen) atoms. The number of hydrogen-bond acceptors (Lipinski definition) is 4. The number of nitrogens with zero attached hydrogens (tertiary/aromatic N) is 1. The number of aromatic nitrogens is 1. The molecule has 1 saturated heterocycles. The molecule has 1 aliphatic heterocycles. The predicted molar refractivity (Wildman–Crippen MR) is 44.3 cm³/mol. The summed E-state index contributed by atoms with van der Waals surface area (Å²) in [6.45, 7) is 0.505. The Balaban J connectivity index is 2.34. The van der Waals surface area contributed by atoms with Gasteiger partial charge in [-0.2, -0.15) is 0 Å². The van der Waals surface area contributed by atoms with Crippen molar-refractivity contribution in [2.24, 2.45) is 0 Å². The fraction of sp³-hybridized carbons (Fsp3) is 0.333. The molecule has 2 heterocycles. The largest absolute Gasteiger partial charge is 0.379 e. The highest BCUT2D eigenvalue weighted by Crippen LogP contribution is 2.27. The third-order valence-electron chi connectivity index (χ3n) is 2.05. The Morgan fingerprint density at radius 1 is 1.54 bits per heavy atom. The Hall–Kier alpha value is -1.26. The molecule has 0 aliphatic carbocycles. The molecule has 0 aromatic carbocycles. The fourth-order valence-corrected chi connectivity index (χ4v) is 1.22. The average molecular weight is 179 g/mol. The van der Waals surface area contributed by atoms with Crippen LogP contribution in [0.1, 0.15) is 16.2 Å². The standard InChI is InChI=1S/C9H9NO3/c11-4-7-2-1-3-8(10-7)9(12)5-13-6-9/h1-4,12H,5-6H2. The van der Waals surface area contributed by atoms with Crippen LogP contribution < -0.4 is 0 Å². The van der Waals surface area contributed by atoms with Crippen LogP contribution >= 0.6 is 0 Å². The van der Waals surface area contributed by atoms with Crippen LogP contribution in [0.4, 0.5) is 0 Å². The van der Waals surface area contributed by atoms with Gasteiger partial charge in [0.05, 0.1) is 18.9 Å². The molecule has 0 bridgehead atoms. The van der Waals surface area contributed by atoms with Gasteiger partial charge in [0.2, 0.25) is 0 Å². The van der Waals surface area contributed by atoms with Gasteiger partial charge in [-0.15, -0.1) is 0 Å². The lowest BCUT2D eigenvalue weighted by molar-refractivity contribution is -0.186. The number of hydrogen-bond donors (Lipinski definition) is 1. The number of pyridine rings is 1. The van der Waals surface area contributed by atoms with E-state index in [4.69, 9.17) is 4.74 Å². The lowest BCUT2D eigenvalue weighted by Gasteiger charge is -2.35. The van der Waals surface area contributed by atoms with Crippen LogP contribution in [0.2, 0.25) is 0 Å². The third-order valence-corrected chi connectivity index (χ3v) is 2.05. The van der Waals surface area contributed by atoms with E-state index >= 15 is 0 Å². The Morgan fingerprint density at radius 2 is 2.31 bits per heavy atom. The first-order valence-electron chi connectivity index (χ1n) is 3.97. The molecule has 1 aromatic rings. The van der Waals surface area contributed by atoms with E-state index in [1.54, 1.807) is 18.2 Å². The molecule has 1 N–H and O–H groups in total. The Morgan fingerprint density at radius 3 is 2.85 bits per heavy atom. The second-order valence-electron chi connectivity index (χ2n) is 3.09. The minimum absolute atomic E-state index is 0.252. The summed E-state index contributed by atoms with van der Waals surface area (Å²) in [5.41, 5.74) is -0.153. The molecule has 0 spiro atoms. The van der Waals surface area contributed by atoms with Crippen LogP contribution in [-0.4, -0.2) is 29.6 Å². The first-order valence-corrected chi connectivity index (χ1v) is 3.97. The van der Waals surface area contributed by atoms with Gasteiger partial charge in [0.1, 0.15) is 5.69 Å². The van der Waals surface area contributed by atoms with Gasteiger partial charge in [-0.1, -0.05) is 6.07 Å². The number of carbonyl (C=O) groups excluding carboxylic acids is 1. The maximum absolute atomic E-state index is 10.4. The minimum Gasteiger partial charge on any atom is -0.379 e. The molecule has 4 nitrogen and oxygen atoms in total. The first kappa shape index (κ1) is 8.34. The second-order valence-corrected chi connectivity index (χ2v) is 3.09. The van der Waals surface area contributed by atoms with Crippen molar-refractivity contribution >= 4 is 6.29 Å². The first-order chi connectivity index (χ1) is 6.24. The maximum Gasteiger partial charge on any atom is 0.168 e. The summed E-state index contributed by atoms with van der Waals surface area (Å²) in [5, 5.41) is 9.80. The van der Waals surface area contributed by atoms with Crippen LogP contribution in [0.15, 0.2) is 18.2 Å². The van der Waals surface area contributed by atoms with Crippen molar-refractivity contribution in [2.75, 3.05) is 13.2 Å². The van der Waals surface area contributed by atoms with Gasteiger partial charge in [0, 0.05) is 0 Å². The van der Waals surface area contributed by atoms with Crippen molar-refractivity contribution < 1.29 is 14.6 Å². The molecule has 0 saturated carbocycles. The normalized spacial score (nSPS) is 19.2. The number of rotatable bonds is 2. The van der Waals surface area contributed by atoms with E-state index in [0.717, 1.165) is 0 Å². The van der Waals surface area contributed by atoms with Crippen molar-refractivity contribution in [1.29, 1.82) is 0 Å². The van der Waals surface area contributed by atoms with Crippen LogP contribution in [0, 0.1) is 0 Å². The molecule has 0 atom stereocenters.